The van der Waals surface area contributed by atoms with Crippen LogP contribution in [0.5, 0.6) is 11.8 Å². The van der Waals surface area contributed by atoms with E-state index in [0.29, 0.717) is 17.3 Å². The van der Waals surface area contributed by atoms with E-state index < -0.39 is 0 Å². The molecule has 0 fully saturated rings. The molecule has 0 atom stereocenters. The summed E-state index contributed by atoms with van der Waals surface area (Å²) in [5, 5.41) is 0. The molecule has 14 heavy (non-hydrogen) atoms. The fourth-order valence-corrected chi connectivity index (χ4v) is 0.983. The van der Waals surface area contributed by atoms with Crippen LogP contribution in [0.2, 0.25) is 0 Å². The molecule has 0 aromatic carbocycles. The quantitative estimate of drug-likeness (QED) is 0.551. The maximum Gasteiger partial charge on any atom is 0.232 e. The van der Waals surface area contributed by atoms with Gasteiger partial charge in [0.15, 0.2) is 0 Å². The van der Waals surface area contributed by atoms with Gasteiger partial charge in [0.25, 0.3) is 0 Å². The van der Waals surface area contributed by atoms with Gasteiger partial charge >= 0.3 is 0 Å². The van der Waals surface area contributed by atoms with Gasteiger partial charge < -0.3 is 9.47 Å². The minimum Gasteiger partial charge on any atom is -0.481 e. The Labute approximate surface area is 88.0 Å². The van der Waals surface area contributed by atoms with Gasteiger partial charge in [-0.15, -0.1) is 11.6 Å². The van der Waals surface area contributed by atoms with Crippen molar-refractivity contribution in [2.45, 2.75) is 0 Å². The molecule has 0 aliphatic carbocycles. The Balaban J connectivity index is 3.05. The third kappa shape index (κ3) is 2.54. The number of methoxy groups -OCH3 is 2. The molecule has 1 aromatic rings. The monoisotopic (exact) mass is 211 g/mol. The molecule has 4 heteroatoms. The summed E-state index contributed by atoms with van der Waals surface area (Å²) in [5.41, 5.74) is 0.703. The van der Waals surface area contributed by atoms with E-state index in [1.807, 2.05) is 0 Å². The van der Waals surface area contributed by atoms with Gasteiger partial charge in [-0.25, -0.2) is 0 Å². The minimum atomic E-state index is 0.287. The number of alkyl halides is 1. The SMILES string of the molecule is COc1ccc(C#CCCl)c(OC)n1. The number of ether oxygens (including phenoxy) is 2. The Morgan fingerprint density at radius 3 is 2.71 bits per heavy atom. The molecule has 0 saturated heterocycles. The van der Waals surface area contributed by atoms with Crippen LogP contribution in [0.4, 0.5) is 0 Å². The zero-order chi connectivity index (χ0) is 10.4. The standard InChI is InChI=1S/C10H10ClNO2/c1-13-9-6-5-8(4-3-7-11)10(12-9)14-2/h5-6H,7H2,1-2H3. The summed E-state index contributed by atoms with van der Waals surface area (Å²) in [5.74, 6) is 6.80. The lowest BCUT2D eigenvalue weighted by atomic mass is 10.3. The summed E-state index contributed by atoms with van der Waals surface area (Å²) >= 11 is 5.45. The number of rotatable bonds is 2. The maximum atomic E-state index is 5.45. The molecule has 3 nitrogen and oxygen atoms in total. The first kappa shape index (κ1) is 10.7. The van der Waals surface area contributed by atoms with Gasteiger partial charge in [0, 0.05) is 6.07 Å². The molecule has 0 spiro atoms. The number of nitrogens with zero attached hydrogens (tertiary/aromatic N) is 1. The topological polar surface area (TPSA) is 31.4 Å². The van der Waals surface area contributed by atoms with E-state index in [0.717, 1.165) is 0 Å². The third-order valence-electron chi connectivity index (χ3n) is 1.53. The van der Waals surface area contributed by atoms with Crippen molar-refractivity contribution in [3.05, 3.63) is 17.7 Å². The third-order valence-corrected chi connectivity index (χ3v) is 1.66. The molecular formula is C10H10ClNO2. The molecule has 0 N–H and O–H groups in total. The van der Waals surface area contributed by atoms with E-state index in [-0.39, 0.29) is 5.88 Å². The Morgan fingerprint density at radius 2 is 2.14 bits per heavy atom. The van der Waals surface area contributed by atoms with Crippen molar-refractivity contribution in [1.29, 1.82) is 0 Å². The van der Waals surface area contributed by atoms with Gasteiger partial charge in [-0.2, -0.15) is 4.98 Å². The smallest absolute Gasteiger partial charge is 0.232 e. The first-order valence-corrected chi connectivity index (χ1v) is 4.49. The van der Waals surface area contributed by atoms with Crippen LogP contribution < -0.4 is 9.47 Å². The fourth-order valence-electron chi connectivity index (χ4n) is 0.917. The van der Waals surface area contributed by atoms with Gasteiger partial charge in [-0.05, 0) is 6.07 Å². The predicted molar refractivity (Wildman–Crippen MR) is 54.9 cm³/mol. The fraction of sp³-hybridized carbons (Fsp3) is 0.300. The number of halogens is 1. The van der Waals surface area contributed by atoms with Crippen molar-refractivity contribution in [3.8, 4) is 23.6 Å². The van der Waals surface area contributed by atoms with Crippen LogP contribution in [0.25, 0.3) is 0 Å². The molecule has 1 aromatic heterocycles. The van der Waals surface area contributed by atoms with Crippen molar-refractivity contribution in [2.75, 3.05) is 20.1 Å². The van der Waals surface area contributed by atoms with E-state index in [1.165, 1.54) is 7.11 Å². The van der Waals surface area contributed by atoms with Crippen molar-refractivity contribution in [2.24, 2.45) is 0 Å². The van der Waals surface area contributed by atoms with E-state index in [9.17, 15) is 0 Å². The Hall–Kier alpha value is -1.40. The first-order chi connectivity index (χ1) is 6.81. The lowest BCUT2D eigenvalue weighted by molar-refractivity contribution is 0.364. The molecule has 0 saturated carbocycles. The minimum absolute atomic E-state index is 0.287. The summed E-state index contributed by atoms with van der Waals surface area (Å²) < 4.78 is 10.00. The molecule has 0 aliphatic rings. The predicted octanol–water partition coefficient (Wildman–Crippen LogP) is 1.69. The zero-order valence-electron chi connectivity index (χ0n) is 8.00. The van der Waals surface area contributed by atoms with Crippen LogP contribution in [0, 0.1) is 11.8 Å². The Morgan fingerprint density at radius 1 is 1.36 bits per heavy atom. The molecule has 1 rings (SSSR count). The molecule has 0 unspecified atom stereocenters. The summed E-state index contributed by atoms with van der Waals surface area (Å²) in [6.07, 6.45) is 0. The summed E-state index contributed by atoms with van der Waals surface area (Å²) in [6.45, 7) is 0. The summed E-state index contributed by atoms with van der Waals surface area (Å²) in [4.78, 5) is 4.07. The second-order valence-electron chi connectivity index (χ2n) is 2.35. The van der Waals surface area contributed by atoms with E-state index in [1.54, 1.807) is 19.2 Å². The van der Waals surface area contributed by atoms with Crippen LogP contribution in [0.1, 0.15) is 5.56 Å². The number of aromatic nitrogens is 1. The normalized spacial score (nSPS) is 8.79. The van der Waals surface area contributed by atoms with E-state index in [4.69, 9.17) is 21.1 Å². The Kier molecular flexibility index (Phi) is 4.09. The largest absolute Gasteiger partial charge is 0.481 e. The second kappa shape index (κ2) is 5.36. The van der Waals surface area contributed by atoms with E-state index in [2.05, 4.69) is 16.8 Å². The average molecular weight is 212 g/mol. The highest BCUT2D eigenvalue weighted by Gasteiger charge is 2.03. The highest BCUT2D eigenvalue weighted by atomic mass is 35.5. The van der Waals surface area contributed by atoms with Crippen LogP contribution in [0.15, 0.2) is 12.1 Å². The number of pyridine rings is 1. The summed E-state index contributed by atoms with van der Waals surface area (Å²) in [7, 11) is 3.08. The first-order valence-electron chi connectivity index (χ1n) is 3.95. The lowest BCUT2D eigenvalue weighted by Crippen LogP contribution is -1.94. The molecule has 74 valence electrons. The summed E-state index contributed by atoms with van der Waals surface area (Å²) in [6, 6.07) is 3.50. The van der Waals surface area contributed by atoms with Crippen molar-refractivity contribution >= 4 is 11.6 Å². The lowest BCUT2D eigenvalue weighted by Gasteiger charge is -2.03. The maximum absolute atomic E-state index is 5.45. The van der Waals surface area contributed by atoms with Crippen LogP contribution in [-0.4, -0.2) is 25.1 Å². The molecule has 0 amide bonds. The molecule has 1 heterocycles. The molecule has 0 radical (unpaired) electrons. The van der Waals surface area contributed by atoms with Crippen LogP contribution in [0.3, 0.4) is 0 Å². The highest BCUT2D eigenvalue weighted by molar-refractivity contribution is 6.19. The van der Waals surface area contributed by atoms with Crippen LogP contribution >= 0.6 is 11.6 Å². The van der Waals surface area contributed by atoms with Crippen molar-refractivity contribution in [3.63, 3.8) is 0 Å². The van der Waals surface area contributed by atoms with Gasteiger partial charge in [0.05, 0.1) is 25.7 Å². The van der Waals surface area contributed by atoms with Gasteiger partial charge in [-0.1, -0.05) is 11.8 Å². The van der Waals surface area contributed by atoms with Crippen molar-refractivity contribution < 1.29 is 9.47 Å². The van der Waals surface area contributed by atoms with Gasteiger partial charge in [-0.3, -0.25) is 0 Å². The number of hydrogen-bond acceptors (Lipinski definition) is 3. The average Bonchev–Trinajstić information content (AvgIpc) is 2.26. The van der Waals surface area contributed by atoms with Crippen molar-refractivity contribution in [1.82, 2.24) is 4.98 Å². The zero-order valence-corrected chi connectivity index (χ0v) is 8.76. The Bertz CT molecular complexity index is 368. The molecule has 0 aliphatic heterocycles. The molecular weight excluding hydrogens is 202 g/mol. The number of hydrogen-bond donors (Lipinski definition) is 0. The van der Waals surface area contributed by atoms with Gasteiger partial charge in [0.2, 0.25) is 11.8 Å². The van der Waals surface area contributed by atoms with Gasteiger partial charge in [0.1, 0.15) is 0 Å². The highest BCUT2D eigenvalue weighted by Crippen LogP contribution is 2.18. The molecule has 0 bridgehead atoms. The van der Waals surface area contributed by atoms with Crippen LogP contribution in [-0.2, 0) is 0 Å². The van der Waals surface area contributed by atoms with E-state index >= 15 is 0 Å². The second-order valence-corrected chi connectivity index (χ2v) is 2.61.